The van der Waals surface area contributed by atoms with Gasteiger partial charge in [0, 0.05) is 18.9 Å². The fourth-order valence-corrected chi connectivity index (χ4v) is 2.91. The maximum Gasteiger partial charge on any atom is 0.278 e. The van der Waals surface area contributed by atoms with E-state index in [1.165, 1.54) is 6.33 Å². The molecule has 1 saturated heterocycles. The van der Waals surface area contributed by atoms with Crippen molar-refractivity contribution in [2.24, 2.45) is 0 Å². The summed E-state index contributed by atoms with van der Waals surface area (Å²) in [7, 11) is 0. The lowest BCUT2D eigenvalue weighted by Gasteiger charge is -2.25. The molecule has 0 bridgehead atoms. The van der Waals surface area contributed by atoms with Crippen molar-refractivity contribution in [3.63, 3.8) is 0 Å². The van der Waals surface area contributed by atoms with E-state index in [1.54, 1.807) is 6.20 Å². The van der Waals surface area contributed by atoms with Crippen LogP contribution >= 0.6 is 0 Å². The summed E-state index contributed by atoms with van der Waals surface area (Å²) in [5.41, 5.74) is 1.81. The highest BCUT2D eigenvalue weighted by Crippen LogP contribution is 2.33. The van der Waals surface area contributed by atoms with Gasteiger partial charge in [-0.1, -0.05) is 6.07 Å². The zero-order valence-corrected chi connectivity index (χ0v) is 11.3. The number of aromatic amines is 2. The van der Waals surface area contributed by atoms with Gasteiger partial charge in [0.25, 0.3) is 5.56 Å². The van der Waals surface area contributed by atoms with Crippen molar-refractivity contribution in [2.45, 2.75) is 18.9 Å². The van der Waals surface area contributed by atoms with Crippen LogP contribution in [0.2, 0.25) is 0 Å². The number of imidazole rings is 1. The Hall–Kier alpha value is -2.70. The van der Waals surface area contributed by atoms with Crippen LogP contribution < -0.4 is 10.5 Å². The average Bonchev–Trinajstić information content (AvgIpc) is 3.17. The second-order valence-corrected chi connectivity index (χ2v) is 5.13. The number of H-pyrrole nitrogens is 2. The Labute approximate surface area is 120 Å². The van der Waals surface area contributed by atoms with E-state index in [2.05, 4.69) is 35.9 Å². The lowest BCUT2D eigenvalue weighted by molar-refractivity contribution is 0.698. The molecule has 1 fully saturated rings. The fraction of sp³-hybridized carbons (Fsp3) is 0.286. The van der Waals surface area contributed by atoms with Gasteiger partial charge in [0.05, 0.1) is 12.4 Å². The monoisotopic (exact) mass is 282 g/mol. The van der Waals surface area contributed by atoms with E-state index >= 15 is 0 Å². The minimum Gasteiger partial charge on any atom is -0.339 e. The zero-order chi connectivity index (χ0) is 14.2. The summed E-state index contributed by atoms with van der Waals surface area (Å²) in [5.74, 6) is 0.575. The molecule has 3 aromatic heterocycles. The summed E-state index contributed by atoms with van der Waals surface area (Å²) in [6, 6.07) is 4.18. The molecule has 7 nitrogen and oxygen atoms in total. The molecule has 0 amide bonds. The summed E-state index contributed by atoms with van der Waals surface area (Å²) in [5, 5.41) is 0. The number of anilines is 1. The molecule has 21 heavy (non-hydrogen) atoms. The third-order valence-corrected chi connectivity index (χ3v) is 3.88. The van der Waals surface area contributed by atoms with Crippen LogP contribution in [0.15, 0.2) is 35.6 Å². The molecule has 3 aromatic rings. The van der Waals surface area contributed by atoms with Crippen LogP contribution in [0.3, 0.4) is 0 Å². The largest absolute Gasteiger partial charge is 0.339 e. The van der Waals surface area contributed by atoms with E-state index in [4.69, 9.17) is 0 Å². The van der Waals surface area contributed by atoms with Crippen molar-refractivity contribution >= 4 is 17.1 Å². The Morgan fingerprint density at radius 3 is 3.19 bits per heavy atom. The van der Waals surface area contributed by atoms with Crippen molar-refractivity contribution in [3.05, 3.63) is 46.8 Å². The zero-order valence-electron chi connectivity index (χ0n) is 11.3. The highest BCUT2D eigenvalue weighted by atomic mass is 16.1. The molecule has 0 aromatic carbocycles. The summed E-state index contributed by atoms with van der Waals surface area (Å²) >= 11 is 0. The molecule has 0 radical (unpaired) electrons. The Morgan fingerprint density at radius 1 is 1.38 bits per heavy atom. The number of rotatable bonds is 2. The molecule has 1 unspecified atom stereocenters. The molecule has 0 saturated carbocycles. The third-order valence-electron chi connectivity index (χ3n) is 3.88. The van der Waals surface area contributed by atoms with E-state index in [-0.39, 0.29) is 11.6 Å². The van der Waals surface area contributed by atoms with Crippen molar-refractivity contribution in [3.8, 4) is 0 Å². The van der Waals surface area contributed by atoms with Crippen LogP contribution in [0, 0.1) is 0 Å². The fourth-order valence-electron chi connectivity index (χ4n) is 2.91. The van der Waals surface area contributed by atoms with E-state index in [9.17, 15) is 4.79 Å². The van der Waals surface area contributed by atoms with Gasteiger partial charge in [-0.05, 0) is 24.5 Å². The van der Waals surface area contributed by atoms with Gasteiger partial charge < -0.3 is 9.88 Å². The Balaban J connectivity index is 1.78. The number of nitrogens with zero attached hydrogens (tertiary/aromatic N) is 4. The lowest BCUT2D eigenvalue weighted by Crippen LogP contribution is -2.27. The van der Waals surface area contributed by atoms with Gasteiger partial charge in [-0.3, -0.25) is 14.8 Å². The maximum absolute atomic E-state index is 12.1. The van der Waals surface area contributed by atoms with Gasteiger partial charge in [0.1, 0.15) is 0 Å². The Morgan fingerprint density at radius 2 is 2.33 bits per heavy atom. The molecule has 0 spiro atoms. The molecule has 7 heteroatoms. The average molecular weight is 282 g/mol. The van der Waals surface area contributed by atoms with Crippen LogP contribution in [0.4, 0.5) is 5.95 Å². The number of aromatic nitrogens is 5. The number of hydrogen-bond donors (Lipinski definition) is 2. The van der Waals surface area contributed by atoms with Crippen molar-refractivity contribution < 1.29 is 0 Å². The first-order valence-corrected chi connectivity index (χ1v) is 6.93. The summed E-state index contributed by atoms with van der Waals surface area (Å²) < 4.78 is 0. The van der Waals surface area contributed by atoms with Crippen LogP contribution in [0.1, 0.15) is 24.4 Å². The summed E-state index contributed by atoms with van der Waals surface area (Å²) in [6.07, 6.45) is 7.20. The van der Waals surface area contributed by atoms with E-state index in [0.29, 0.717) is 17.1 Å². The van der Waals surface area contributed by atoms with Gasteiger partial charge in [-0.15, -0.1) is 0 Å². The topological polar surface area (TPSA) is 90.6 Å². The van der Waals surface area contributed by atoms with Crippen LogP contribution in [0.25, 0.3) is 11.2 Å². The van der Waals surface area contributed by atoms with Crippen LogP contribution in [0.5, 0.6) is 0 Å². The smallest absolute Gasteiger partial charge is 0.278 e. The summed E-state index contributed by atoms with van der Waals surface area (Å²) in [6.45, 7) is 0.860. The molecule has 4 heterocycles. The van der Waals surface area contributed by atoms with Gasteiger partial charge in [0.2, 0.25) is 5.95 Å². The number of fused-ring (bicyclic) bond motifs is 1. The first-order valence-electron chi connectivity index (χ1n) is 6.93. The Kier molecular flexibility index (Phi) is 2.70. The SMILES string of the molecule is O=c1[nH]c(N2CCCC2c2cccnc2)nc2nc[nH]c12. The molecule has 106 valence electrons. The van der Waals surface area contributed by atoms with Gasteiger partial charge in [0.15, 0.2) is 11.2 Å². The lowest BCUT2D eigenvalue weighted by atomic mass is 10.1. The minimum atomic E-state index is -0.190. The van der Waals surface area contributed by atoms with Crippen LogP contribution in [-0.4, -0.2) is 31.5 Å². The van der Waals surface area contributed by atoms with Crippen molar-refractivity contribution in [1.29, 1.82) is 0 Å². The van der Waals surface area contributed by atoms with Crippen LogP contribution in [-0.2, 0) is 0 Å². The molecule has 1 atom stereocenters. The van der Waals surface area contributed by atoms with Crippen molar-refractivity contribution in [1.82, 2.24) is 24.9 Å². The minimum absolute atomic E-state index is 0.190. The first-order chi connectivity index (χ1) is 10.3. The molecule has 1 aliphatic heterocycles. The molecule has 0 aliphatic carbocycles. The highest BCUT2D eigenvalue weighted by molar-refractivity contribution is 5.69. The highest BCUT2D eigenvalue weighted by Gasteiger charge is 2.28. The number of pyridine rings is 1. The second-order valence-electron chi connectivity index (χ2n) is 5.13. The summed E-state index contributed by atoms with van der Waals surface area (Å²) in [4.78, 5) is 32.5. The molecular weight excluding hydrogens is 268 g/mol. The first kappa shape index (κ1) is 12.1. The molecule has 4 rings (SSSR count). The van der Waals surface area contributed by atoms with E-state index in [0.717, 1.165) is 24.9 Å². The predicted octanol–water partition coefficient (Wildman–Crippen LogP) is 1.38. The van der Waals surface area contributed by atoms with E-state index in [1.807, 2.05) is 12.3 Å². The van der Waals surface area contributed by atoms with Gasteiger partial charge in [-0.2, -0.15) is 4.98 Å². The molecular formula is C14H14N6O. The predicted molar refractivity (Wildman–Crippen MR) is 78.1 cm³/mol. The van der Waals surface area contributed by atoms with Crippen molar-refractivity contribution in [2.75, 3.05) is 11.4 Å². The molecule has 1 aliphatic rings. The van der Waals surface area contributed by atoms with E-state index < -0.39 is 0 Å². The Bertz CT molecular complexity index is 824. The quantitative estimate of drug-likeness (QED) is 0.741. The third kappa shape index (κ3) is 1.97. The molecule has 2 N–H and O–H groups in total. The normalized spacial score (nSPS) is 18.5. The second kappa shape index (κ2) is 4.69. The number of hydrogen-bond acceptors (Lipinski definition) is 5. The maximum atomic E-state index is 12.1. The van der Waals surface area contributed by atoms with Gasteiger partial charge >= 0.3 is 0 Å². The van der Waals surface area contributed by atoms with Gasteiger partial charge in [-0.25, -0.2) is 4.98 Å². The standard InChI is InChI=1S/C14H14N6O/c21-13-11-12(17-8-16-11)18-14(19-13)20-6-2-4-10(20)9-3-1-5-15-7-9/h1,3,5,7-8,10H,2,4,6H2,(H2,16,17,18,19,21). The number of nitrogens with one attached hydrogen (secondary N) is 2.